The van der Waals surface area contributed by atoms with Crippen LogP contribution in [0.15, 0.2) is 67.0 Å². The first-order valence-corrected chi connectivity index (χ1v) is 14.1. The summed E-state index contributed by atoms with van der Waals surface area (Å²) in [6, 6.07) is 17.7. The van der Waals surface area contributed by atoms with Gasteiger partial charge < -0.3 is 26.0 Å². The van der Waals surface area contributed by atoms with Gasteiger partial charge in [0.2, 0.25) is 5.95 Å². The van der Waals surface area contributed by atoms with Gasteiger partial charge in [-0.1, -0.05) is 24.3 Å². The van der Waals surface area contributed by atoms with Gasteiger partial charge in [-0.2, -0.15) is 10.1 Å². The van der Waals surface area contributed by atoms with Crippen molar-refractivity contribution in [2.75, 3.05) is 17.2 Å². The first-order chi connectivity index (χ1) is 19.3. The topological polar surface area (TPSA) is 141 Å². The summed E-state index contributed by atoms with van der Waals surface area (Å²) in [5.74, 6) is 0.326. The molecule has 3 heterocycles. The van der Waals surface area contributed by atoms with E-state index < -0.39 is 17.7 Å². The lowest BCUT2D eigenvalue weighted by Gasteiger charge is -2.31. The number of nitrogens with zero attached hydrogens (tertiary/aromatic N) is 5. The number of hydrogen-bond acceptors (Lipinski definition) is 10. The molecule has 1 fully saturated rings. The molecule has 0 bridgehead atoms. The Kier molecular flexibility index (Phi) is 6.97. The molecular weight excluding hydrogens is 526 g/mol. The number of aromatic nitrogens is 5. The summed E-state index contributed by atoms with van der Waals surface area (Å²) >= 11 is 1.52. The smallest absolute Gasteiger partial charge is 0.225 e. The van der Waals surface area contributed by atoms with Gasteiger partial charge in [0.05, 0.1) is 33.2 Å². The van der Waals surface area contributed by atoms with E-state index in [0.717, 1.165) is 21.5 Å². The summed E-state index contributed by atoms with van der Waals surface area (Å²) in [5, 5.41) is 43.4. The summed E-state index contributed by atoms with van der Waals surface area (Å²) in [5.41, 5.74) is 2.56. The van der Waals surface area contributed by atoms with E-state index in [2.05, 4.69) is 15.7 Å². The number of benzene rings is 2. The molecule has 4 unspecified atom stereocenters. The van der Waals surface area contributed by atoms with Gasteiger partial charge in [-0.15, -0.1) is 11.3 Å². The first-order valence-electron chi connectivity index (χ1n) is 13.3. The fourth-order valence-corrected chi connectivity index (χ4v) is 6.27. The molecule has 40 heavy (non-hydrogen) atoms. The number of anilines is 2. The molecule has 5 aromatic rings. The van der Waals surface area contributed by atoms with E-state index >= 15 is 0 Å². The average Bonchev–Trinajstić information content (AvgIpc) is 3.69. The van der Waals surface area contributed by atoms with Gasteiger partial charge in [-0.25, -0.2) is 14.6 Å². The standard InChI is InChI=1S/C29H31N7O3S/c1-17(19-8-10-21(11-9-19)36-15-5-14-30-36)31-28-32-18(2)24(27-33-22-6-3-4-7-23(22)40-27)26(34-28)35-29(39)13-12-20(16-37)25(29)38/h3-11,14-15,17,20,25,37-39H,12-13,16H2,1-2H3,(H2,31,32,34,35). The molecule has 2 aromatic carbocycles. The summed E-state index contributed by atoms with van der Waals surface area (Å²) in [6.45, 7) is 3.70. The summed E-state index contributed by atoms with van der Waals surface area (Å²) in [4.78, 5) is 14.3. The highest BCUT2D eigenvalue weighted by Crippen LogP contribution is 2.41. The largest absolute Gasteiger partial charge is 0.396 e. The minimum atomic E-state index is -1.65. The van der Waals surface area contributed by atoms with E-state index in [1.165, 1.54) is 11.3 Å². The van der Waals surface area contributed by atoms with Crippen molar-refractivity contribution in [2.24, 2.45) is 5.92 Å². The molecule has 4 atom stereocenters. The number of hydrogen-bond donors (Lipinski definition) is 5. The highest BCUT2D eigenvalue weighted by Gasteiger charge is 2.47. The zero-order chi connectivity index (χ0) is 27.9. The molecule has 1 aliphatic rings. The number of fused-ring (bicyclic) bond motifs is 1. The SMILES string of the molecule is Cc1nc(NC(C)c2ccc(-n3cccn3)cc2)nc(NC2(O)CCC(CO)C2O)c1-c1nc2ccccc2s1. The number of nitrogens with one attached hydrogen (secondary N) is 2. The molecular formula is C29H31N7O3S. The van der Waals surface area contributed by atoms with Crippen molar-refractivity contribution in [3.63, 3.8) is 0 Å². The zero-order valence-corrected chi connectivity index (χ0v) is 23.0. The van der Waals surface area contributed by atoms with Gasteiger partial charge in [-0.3, -0.25) is 0 Å². The Morgan fingerprint density at radius 2 is 1.90 bits per heavy atom. The van der Waals surface area contributed by atoms with Crippen LogP contribution in [0.1, 0.15) is 37.1 Å². The predicted molar refractivity (Wildman–Crippen MR) is 155 cm³/mol. The number of aryl methyl sites for hydroxylation is 1. The third-order valence-electron chi connectivity index (χ3n) is 7.51. The minimum Gasteiger partial charge on any atom is -0.396 e. The van der Waals surface area contributed by atoms with Crippen LogP contribution in [0.4, 0.5) is 11.8 Å². The maximum atomic E-state index is 11.4. The maximum absolute atomic E-state index is 11.4. The second-order valence-corrected chi connectivity index (χ2v) is 11.3. The van der Waals surface area contributed by atoms with Gasteiger partial charge in [0.1, 0.15) is 16.9 Å². The molecule has 5 N–H and O–H groups in total. The van der Waals surface area contributed by atoms with Crippen LogP contribution in [0.2, 0.25) is 0 Å². The van der Waals surface area contributed by atoms with Gasteiger partial charge >= 0.3 is 0 Å². The van der Waals surface area contributed by atoms with Gasteiger partial charge in [0, 0.05) is 24.9 Å². The summed E-state index contributed by atoms with van der Waals surface area (Å²) in [6.07, 6.45) is 3.24. The lowest BCUT2D eigenvalue weighted by molar-refractivity contribution is -0.0545. The van der Waals surface area contributed by atoms with Crippen LogP contribution in [0.25, 0.3) is 26.5 Å². The molecule has 0 radical (unpaired) electrons. The van der Waals surface area contributed by atoms with Crippen LogP contribution >= 0.6 is 11.3 Å². The van der Waals surface area contributed by atoms with Crippen LogP contribution < -0.4 is 10.6 Å². The van der Waals surface area contributed by atoms with Gasteiger partial charge in [0.25, 0.3) is 0 Å². The summed E-state index contributed by atoms with van der Waals surface area (Å²) < 4.78 is 2.83. The lowest BCUT2D eigenvalue weighted by Crippen LogP contribution is -2.48. The van der Waals surface area contributed by atoms with Crippen LogP contribution in [-0.2, 0) is 0 Å². The number of aliphatic hydroxyl groups is 3. The Morgan fingerprint density at radius 1 is 1.10 bits per heavy atom. The normalized spacial score (nSPS) is 21.5. The molecule has 10 nitrogen and oxygen atoms in total. The second kappa shape index (κ2) is 10.6. The van der Waals surface area contributed by atoms with E-state index in [9.17, 15) is 15.3 Å². The van der Waals surface area contributed by atoms with Crippen LogP contribution in [0, 0.1) is 12.8 Å². The number of thiazole rings is 1. The van der Waals surface area contributed by atoms with Gasteiger partial charge in [-0.05, 0) is 62.6 Å². The monoisotopic (exact) mass is 557 g/mol. The third-order valence-corrected chi connectivity index (χ3v) is 8.56. The molecule has 3 aromatic heterocycles. The fraction of sp³-hybridized carbons (Fsp3) is 0.310. The van der Waals surface area contributed by atoms with Gasteiger partial charge in [0.15, 0.2) is 5.72 Å². The number of para-hydroxylation sites is 1. The third kappa shape index (κ3) is 4.92. The Labute approximate surface area is 235 Å². The Morgan fingerprint density at radius 3 is 2.60 bits per heavy atom. The van der Waals surface area contributed by atoms with Crippen molar-refractivity contribution in [3.05, 3.63) is 78.2 Å². The zero-order valence-electron chi connectivity index (χ0n) is 22.2. The van der Waals surface area contributed by atoms with Crippen molar-refractivity contribution in [1.82, 2.24) is 24.7 Å². The Balaban J connectivity index is 1.34. The highest BCUT2D eigenvalue weighted by molar-refractivity contribution is 7.21. The molecule has 1 saturated carbocycles. The molecule has 0 spiro atoms. The fourth-order valence-electron chi connectivity index (χ4n) is 5.21. The van der Waals surface area contributed by atoms with E-state index in [0.29, 0.717) is 34.5 Å². The molecule has 0 aliphatic heterocycles. The Bertz CT molecular complexity index is 1590. The first kappa shape index (κ1) is 26.3. The van der Waals surface area contributed by atoms with Crippen LogP contribution in [-0.4, -0.2) is 58.5 Å². The van der Waals surface area contributed by atoms with Crippen molar-refractivity contribution in [3.8, 4) is 16.3 Å². The van der Waals surface area contributed by atoms with E-state index in [-0.39, 0.29) is 19.1 Å². The van der Waals surface area contributed by atoms with E-state index in [1.807, 2.05) is 74.6 Å². The minimum absolute atomic E-state index is 0.119. The molecule has 1 aliphatic carbocycles. The number of aliphatic hydroxyl groups excluding tert-OH is 2. The average molecular weight is 558 g/mol. The highest BCUT2D eigenvalue weighted by atomic mass is 32.1. The molecule has 0 amide bonds. The van der Waals surface area contributed by atoms with Crippen molar-refractivity contribution in [2.45, 2.75) is 44.6 Å². The van der Waals surface area contributed by atoms with Crippen molar-refractivity contribution in [1.29, 1.82) is 0 Å². The predicted octanol–water partition coefficient (Wildman–Crippen LogP) is 4.28. The van der Waals surface area contributed by atoms with Crippen LogP contribution in [0.3, 0.4) is 0 Å². The molecule has 11 heteroatoms. The Hall–Kier alpha value is -3.90. The van der Waals surface area contributed by atoms with E-state index in [4.69, 9.17) is 15.0 Å². The lowest BCUT2D eigenvalue weighted by atomic mass is 10.0. The van der Waals surface area contributed by atoms with Crippen molar-refractivity contribution >= 4 is 33.3 Å². The molecule has 0 saturated heterocycles. The molecule has 6 rings (SSSR count). The summed E-state index contributed by atoms with van der Waals surface area (Å²) in [7, 11) is 0. The molecule has 206 valence electrons. The quantitative estimate of drug-likeness (QED) is 0.177. The van der Waals surface area contributed by atoms with Crippen molar-refractivity contribution < 1.29 is 15.3 Å². The maximum Gasteiger partial charge on any atom is 0.225 e. The number of rotatable bonds is 8. The van der Waals surface area contributed by atoms with E-state index in [1.54, 1.807) is 10.9 Å². The van der Waals surface area contributed by atoms with Crippen LogP contribution in [0.5, 0.6) is 0 Å². The second-order valence-electron chi connectivity index (χ2n) is 10.2.